The molecule has 1 aromatic heterocycles. The van der Waals surface area contributed by atoms with E-state index in [-0.39, 0.29) is 0 Å². The number of nitrogens with two attached hydrogens (primary N) is 2. The molecule has 0 saturated heterocycles. The molecule has 0 aromatic carbocycles. The van der Waals surface area contributed by atoms with Crippen LogP contribution in [0.15, 0.2) is 12.3 Å². The Labute approximate surface area is 107 Å². The van der Waals surface area contributed by atoms with E-state index < -0.39 is 5.91 Å². The van der Waals surface area contributed by atoms with Crippen molar-refractivity contribution in [3.63, 3.8) is 0 Å². The molecule has 0 spiro atoms. The molecule has 0 atom stereocenters. The first-order chi connectivity index (χ1) is 8.56. The van der Waals surface area contributed by atoms with E-state index in [0.29, 0.717) is 23.1 Å². The number of hydrogen-bond acceptors (Lipinski definition) is 4. The largest absolute Gasteiger partial charge is 0.397 e. The molecule has 1 aliphatic carbocycles. The number of primary amides is 1. The molecule has 1 amide bonds. The zero-order valence-electron chi connectivity index (χ0n) is 10.6. The van der Waals surface area contributed by atoms with Crippen LogP contribution in [-0.4, -0.2) is 16.9 Å². The van der Waals surface area contributed by atoms with Gasteiger partial charge in [-0.1, -0.05) is 6.92 Å². The van der Waals surface area contributed by atoms with Crippen molar-refractivity contribution in [2.24, 2.45) is 11.7 Å². The highest BCUT2D eigenvalue weighted by Gasteiger charge is 2.20. The number of carbonyl (C=O) groups excluding carboxylic acids is 1. The molecule has 2 rings (SSSR count). The van der Waals surface area contributed by atoms with Crippen molar-refractivity contribution in [2.45, 2.75) is 38.6 Å². The topological polar surface area (TPSA) is 94.0 Å². The number of rotatable bonds is 3. The summed E-state index contributed by atoms with van der Waals surface area (Å²) in [7, 11) is 0. The van der Waals surface area contributed by atoms with E-state index >= 15 is 0 Å². The van der Waals surface area contributed by atoms with Gasteiger partial charge in [-0.05, 0) is 37.7 Å². The fraction of sp³-hybridized carbons (Fsp3) is 0.538. The summed E-state index contributed by atoms with van der Waals surface area (Å²) in [6, 6.07) is 1.94. The quantitative estimate of drug-likeness (QED) is 0.759. The van der Waals surface area contributed by atoms with E-state index in [4.69, 9.17) is 11.5 Å². The Bertz CT molecular complexity index is 439. The molecule has 1 saturated carbocycles. The number of nitrogens with zero attached hydrogens (tertiary/aromatic N) is 1. The first-order valence-corrected chi connectivity index (χ1v) is 6.38. The van der Waals surface area contributed by atoms with Crippen LogP contribution in [0.1, 0.15) is 43.0 Å². The van der Waals surface area contributed by atoms with Gasteiger partial charge in [-0.25, -0.2) is 4.98 Å². The van der Waals surface area contributed by atoms with Crippen molar-refractivity contribution < 1.29 is 4.79 Å². The second-order valence-electron chi connectivity index (χ2n) is 5.13. The molecule has 5 N–H and O–H groups in total. The van der Waals surface area contributed by atoms with E-state index in [1.54, 1.807) is 12.3 Å². The third-order valence-corrected chi connectivity index (χ3v) is 3.53. The maximum absolute atomic E-state index is 11.4. The van der Waals surface area contributed by atoms with Gasteiger partial charge >= 0.3 is 0 Å². The van der Waals surface area contributed by atoms with E-state index in [2.05, 4.69) is 17.2 Å². The van der Waals surface area contributed by atoms with Crippen molar-refractivity contribution in [2.75, 3.05) is 11.1 Å². The number of pyridine rings is 1. The summed E-state index contributed by atoms with van der Waals surface area (Å²) in [6.45, 7) is 2.27. The number of carbonyl (C=O) groups is 1. The Balaban J connectivity index is 2.11. The fourth-order valence-corrected chi connectivity index (χ4v) is 2.38. The highest BCUT2D eigenvalue weighted by Crippen LogP contribution is 2.26. The number of amides is 1. The van der Waals surface area contributed by atoms with E-state index in [1.165, 1.54) is 12.8 Å². The monoisotopic (exact) mass is 248 g/mol. The lowest BCUT2D eigenvalue weighted by Crippen LogP contribution is -2.27. The smallest absolute Gasteiger partial charge is 0.252 e. The van der Waals surface area contributed by atoms with Crippen LogP contribution in [0.3, 0.4) is 0 Å². The third kappa shape index (κ3) is 2.91. The number of nitrogen functional groups attached to an aromatic ring is 1. The average molecular weight is 248 g/mol. The van der Waals surface area contributed by atoms with Gasteiger partial charge in [-0.2, -0.15) is 0 Å². The molecular weight excluding hydrogens is 228 g/mol. The number of anilines is 2. The molecule has 1 fully saturated rings. The Kier molecular flexibility index (Phi) is 3.69. The third-order valence-electron chi connectivity index (χ3n) is 3.53. The Morgan fingerprint density at radius 1 is 1.39 bits per heavy atom. The van der Waals surface area contributed by atoms with Crippen molar-refractivity contribution in [3.05, 3.63) is 17.8 Å². The number of aromatic nitrogens is 1. The molecule has 5 heteroatoms. The minimum Gasteiger partial charge on any atom is -0.397 e. The minimum absolute atomic E-state index is 0.369. The van der Waals surface area contributed by atoms with Crippen LogP contribution in [0.4, 0.5) is 11.5 Å². The van der Waals surface area contributed by atoms with Gasteiger partial charge in [-0.15, -0.1) is 0 Å². The Hall–Kier alpha value is -1.78. The standard InChI is InChI=1S/C13H20N4O/c1-8-2-4-10(5-3-8)17-13-11(12(15)18)6-9(14)7-16-13/h6-8,10H,2-5,14H2,1H3,(H2,15,18)(H,16,17). The lowest BCUT2D eigenvalue weighted by Gasteiger charge is -2.27. The van der Waals surface area contributed by atoms with Gasteiger partial charge in [0.25, 0.3) is 5.91 Å². The minimum atomic E-state index is -0.499. The highest BCUT2D eigenvalue weighted by atomic mass is 16.1. The van der Waals surface area contributed by atoms with Crippen molar-refractivity contribution in [1.82, 2.24) is 4.98 Å². The van der Waals surface area contributed by atoms with E-state index in [1.807, 2.05) is 0 Å². The Morgan fingerprint density at radius 3 is 2.67 bits per heavy atom. The lowest BCUT2D eigenvalue weighted by molar-refractivity contribution is 0.100. The van der Waals surface area contributed by atoms with E-state index in [9.17, 15) is 4.79 Å². The number of nitrogens with one attached hydrogen (secondary N) is 1. The number of hydrogen-bond donors (Lipinski definition) is 3. The Morgan fingerprint density at radius 2 is 2.06 bits per heavy atom. The van der Waals surface area contributed by atoms with Gasteiger partial charge in [0.15, 0.2) is 0 Å². The zero-order chi connectivity index (χ0) is 13.1. The second kappa shape index (κ2) is 5.25. The summed E-state index contributed by atoms with van der Waals surface area (Å²) >= 11 is 0. The van der Waals surface area contributed by atoms with Crippen molar-refractivity contribution in [3.8, 4) is 0 Å². The average Bonchev–Trinajstić information content (AvgIpc) is 2.34. The first kappa shape index (κ1) is 12.7. The molecule has 1 heterocycles. The molecule has 98 valence electrons. The summed E-state index contributed by atoms with van der Waals surface area (Å²) in [5.41, 5.74) is 11.8. The van der Waals surface area contributed by atoms with Crippen LogP contribution in [0.25, 0.3) is 0 Å². The first-order valence-electron chi connectivity index (χ1n) is 6.38. The summed E-state index contributed by atoms with van der Waals surface area (Å²) in [4.78, 5) is 15.5. The van der Waals surface area contributed by atoms with Crippen molar-refractivity contribution >= 4 is 17.4 Å². The maximum atomic E-state index is 11.4. The molecule has 0 radical (unpaired) electrons. The highest BCUT2D eigenvalue weighted by molar-refractivity contribution is 5.98. The zero-order valence-corrected chi connectivity index (χ0v) is 10.6. The lowest BCUT2D eigenvalue weighted by atomic mass is 9.87. The summed E-state index contributed by atoms with van der Waals surface area (Å²) in [5.74, 6) is 0.843. The van der Waals surface area contributed by atoms with Crippen LogP contribution >= 0.6 is 0 Å². The van der Waals surface area contributed by atoms with Gasteiger partial charge in [0.05, 0.1) is 17.4 Å². The van der Waals surface area contributed by atoms with Gasteiger partial charge in [-0.3, -0.25) is 4.79 Å². The summed E-state index contributed by atoms with van der Waals surface area (Å²) in [6.07, 6.45) is 6.16. The predicted octanol–water partition coefficient (Wildman–Crippen LogP) is 1.75. The summed E-state index contributed by atoms with van der Waals surface area (Å²) in [5, 5.41) is 3.31. The second-order valence-corrected chi connectivity index (χ2v) is 5.13. The molecule has 1 aliphatic rings. The molecule has 1 aromatic rings. The van der Waals surface area contributed by atoms with Crippen LogP contribution in [0.5, 0.6) is 0 Å². The van der Waals surface area contributed by atoms with Crippen LogP contribution in [0, 0.1) is 5.92 Å². The van der Waals surface area contributed by atoms with Gasteiger partial charge in [0.2, 0.25) is 0 Å². The van der Waals surface area contributed by atoms with Gasteiger partial charge < -0.3 is 16.8 Å². The molecule has 0 unspecified atom stereocenters. The molecule has 5 nitrogen and oxygen atoms in total. The van der Waals surface area contributed by atoms with Crippen molar-refractivity contribution in [1.29, 1.82) is 0 Å². The van der Waals surface area contributed by atoms with Crippen LogP contribution in [0.2, 0.25) is 0 Å². The molecular formula is C13H20N4O. The molecule has 0 aliphatic heterocycles. The van der Waals surface area contributed by atoms with Crippen LogP contribution in [-0.2, 0) is 0 Å². The van der Waals surface area contributed by atoms with Gasteiger partial charge in [0, 0.05) is 6.04 Å². The van der Waals surface area contributed by atoms with E-state index in [0.717, 1.165) is 18.8 Å². The van der Waals surface area contributed by atoms with Crippen LogP contribution < -0.4 is 16.8 Å². The maximum Gasteiger partial charge on any atom is 0.252 e. The predicted molar refractivity (Wildman–Crippen MR) is 72.2 cm³/mol. The normalized spacial score (nSPS) is 23.6. The summed E-state index contributed by atoms with van der Waals surface area (Å²) < 4.78 is 0. The fourth-order valence-electron chi connectivity index (χ4n) is 2.38. The molecule has 18 heavy (non-hydrogen) atoms. The SMILES string of the molecule is CC1CCC(Nc2ncc(N)cc2C(N)=O)CC1. The van der Waals surface area contributed by atoms with Gasteiger partial charge in [0.1, 0.15) is 5.82 Å². The molecule has 0 bridgehead atoms.